The lowest BCUT2D eigenvalue weighted by atomic mass is 10.1. The summed E-state index contributed by atoms with van der Waals surface area (Å²) in [5.41, 5.74) is 5.77. The number of nitrogens with zero attached hydrogens (tertiary/aromatic N) is 3. The smallest absolute Gasteiger partial charge is 0.359 e. The molecule has 0 radical (unpaired) electrons. The summed E-state index contributed by atoms with van der Waals surface area (Å²) < 4.78 is 7.07. The number of carbonyl (C=O) groups is 2. The van der Waals surface area contributed by atoms with Gasteiger partial charge in [0.2, 0.25) is 0 Å². The average Bonchev–Trinajstić information content (AvgIpc) is 3.44. The number of rotatable bonds is 11. The Morgan fingerprint density at radius 3 is 2.50 bits per heavy atom. The molecule has 4 rings (SSSR count). The van der Waals surface area contributed by atoms with Gasteiger partial charge in [-0.3, -0.25) is 4.79 Å². The Hall–Kier alpha value is -3.45. The number of aromatic nitrogens is 2. The van der Waals surface area contributed by atoms with E-state index in [1.807, 2.05) is 36.4 Å². The van der Waals surface area contributed by atoms with Gasteiger partial charge in [0.15, 0.2) is 5.69 Å². The second-order valence-electron chi connectivity index (χ2n) is 9.23. The lowest BCUT2D eigenvalue weighted by molar-refractivity contribution is 0.0517. The zero-order chi connectivity index (χ0) is 25.7. The van der Waals surface area contributed by atoms with E-state index in [0.717, 1.165) is 60.5 Å². The molecule has 1 heterocycles. The van der Waals surface area contributed by atoms with E-state index in [4.69, 9.17) is 4.74 Å². The number of hydrogen-bond acceptors (Lipinski definition) is 5. The van der Waals surface area contributed by atoms with Crippen molar-refractivity contribution in [2.75, 3.05) is 26.2 Å². The average molecular weight is 489 g/mol. The number of amides is 1. The van der Waals surface area contributed by atoms with Gasteiger partial charge in [-0.15, -0.1) is 0 Å². The van der Waals surface area contributed by atoms with Gasteiger partial charge < -0.3 is 15.0 Å². The number of ether oxygens (including phenoxy) is 1. The maximum absolute atomic E-state index is 12.8. The molecule has 3 aromatic rings. The van der Waals surface area contributed by atoms with Crippen molar-refractivity contribution in [3.63, 3.8) is 0 Å². The Balaban J connectivity index is 1.51. The molecular weight excluding hydrogens is 452 g/mol. The molecule has 7 nitrogen and oxygen atoms in total. The van der Waals surface area contributed by atoms with E-state index >= 15 is 0 Å². The van der Waals surface area contributed by atoms with E-state index in [9.17, 15) is 9.59 Å². The molecule has 1 amide bonds. The van der Waals surface area contributed by atoms with E-state index in [0.29, 0.717) is 24.3 Å². The molecule has 0 saturated carbocycles. The highest BCUT2D eigenvalue weighted by Gasteiger charge is 2.31. The predicted molar refractivity (Wildman–Crippen MR) is 142 cm³/mol. The number of benzene rings is 2. The third-order valence-corrected chi connectivity index (χ3v) is 6.85. The van der Waals surface area contributed by atoms with Gasteiger partial charge in [0.1, 0.15) is 0 Å². The van der Waals surface area contributed by atoms with Crippen LogP contribution in [0.5, 0.6) is 0 Å². The molecule has 190 valence electrons. The summed E-state index contributed by atoms with van der Waals surface area (Å²) in [7, 11) is 0. The molecule has 1 aliphatic carbocycles. The Labute approximate surface area is 213 Å². The molecule has 0 aliphatic heterocycles. The summed E-state index contributed by atoms with van der Waals surface area (Å²) in [5, 5.41) is 7.75. The van der Waals surface area contributed by atoms with Crippen molar-refractivity contribution in [3.05, 3.63) is 70.9 Å². The molecule has 0 bridgehead atoms. The molecule has 1 atom stereocenters. The van der Waals surface area contributed by atoms with E-state index in [-0.39, 0.29) is 11.9 Å². The van der Waals surface area contributed by atoms with Crippen LogP contribution in [0.15, 0.2) is 48.5 Å². The van der Waals surface area contributed by atoms with Crippen molar-refractivity contribution in [2.45, 2.75) is 53.0 Å². The zero-order valence-electron chi connectivity index (χ0n) is 21.7. The third-order valence-electron chi connectivity index (χ3n) is 6.85. The second-order valence-corrected chi connectivity index (χ2v) is 9.23. The number of hydrogen-bond donors (Lipinski definition) is 1. The Kier molecular flexibility index (Phi) is 8.21. The molecule has 7 heteroatoms. The molecule has 36 heavy (non-hydrogen) atoms. The summed E-state index contributed by atoms with van der Waals surface area (Å²) >= 11 is 0. The van der Waals surface area contributed by atoms with Crippen molar-refractivity contribution in [3.8, 4) is 16.9 Å². The highest BCUT2D eigenvalue weighted by Crippen LogP contribution is 2.39. The van der Waals surface area contributed by atoms with Gasteiger partial charge in [-0.25, -0.2) is 9.48 Å². The summed E-state index contributed by atoms with van der Waals surface area (Å²) in [4.78, 5) is 27.9. The summed E-state index contributed by atoms with van der Waals surface area (Å²) in [6.45, 7) is 11.6. The monoisotopic (exact) mass is 488 g/mol. The molecule has 0 fully saturated rings. The van der Waals surface area contributed by atoms with E-state index in [2.05, 4.69) is 48.2 Å². The van der Waals surface area contributed by atoms with Crippen LogP contribution in [0.25, 0.3) is 16.9 Å². The number of carbonyl (C=O) groups excluding carboxylic acids is 2. The fraction of sp³-hybridized carbons (Fsp3) is 0.414. The Morgan fingerprint density at radius 2 is 1.81 bits per heavy atom. The van der Waals surface area contributed by atoms with Crippen LogP contribution >= 0.6 is 0 Å². The SMILES string of the molecule is CCOC(=O)c1nn(-c2ccc(C(=O)NC(C)CCCN(CC)CC)cc2)c2c1Cc1ccccc1-2. The first-order chi connectivity index (χ1) is 17.5. The fourth-order valence-corrected chi connectivity index (χ4v) is 4.83. The molecular formula is C29H36N4O3. The molecule has 0 saturated heterocycles. The molecule has 1 N–H and O–H groups in total. The van der Waals surface area contributed by atoms with Gasteiger partial charge in [0.05, 0.1) is 18.0 Å². The minimum atomic E-state index is -0.411. The summed E-state index contributed by atoms with van der Waals surface area (Å²) in [5.74, 6) is -0.494. The molecule has 1 aliphatic rings. The van der Waals surface area contributed by atoms with Crippen LogP contribution < -0.4 is 5.32 Å². The Morgan fingerprint density at radius 1 is 1.08 bits per heavy atom. The van der Waals surface area contributed by atoms with Gasteiger partial charge in [-0.05, 0) is 76.2 Å². The van der Waals surface area contributed by atoms with Crippen molar-refractivity contribution in [1.82, 2.24) is 20.0 Å². The van der Waals surface area contributed by atoms with Crippen molar-refractivity contribution < 1.29 is 14.3 Å². The lowest BCUT2D eigenvalue weighted by Crippen LogP contribution is -2.33. The van der Waals surface area contributed by atoms with Gasteiger partial charge >= 0.3 is 5.97 Å². The fourth-order valence-electron chi connectivity index (χ4n) is 4.83. The van der Waals surface area contributed by atoms with Crippen LogP contribution in [0.1, 0.15) is 72.5 Å². The topological polar surface area (TPSA) is 76.5 Å². The normalized spacial score (nSPS) is 12.8. The minimum absolute atomic E-state index is 0.0832. The molecule has 1 unspecified atom stereocenters. The first kappa shape index (κ1) is 25.6. The van der Waals surface area contributed by atoms with E-state index in [1.54, 1.807) is 11.6 Å². The number of esters is 1. The van der Waals surface area contributed by atoms with Crippen LogP contribution in [0.4, 0.5) is 0 Å². The van der Waals surface area contributed by atoms with Crippen molar-refractivity contribution in [2.24, 2.45) is 0 Å². The second kappa shape index (κ2) is 11.5. The Bertz CT molecular complexity index is 1210. The highest BCUT2D eigenvalue weighted by atomic mass is 16.5. The van der Waals surface area contributed by atoms with Crippen LogP contribution in [0.3, 0.4) is 0 Å². The standard InChI is InChI=1S/C29H36N4O3/c1-5-32(6-2)18-10-11-20(4)30-28(34)21-14-16-23(17-15-21)33-27-24-13-9-8-12-22(24)19-25(27)26(31-33)29(35)36-7-3/h8-9,12-17,20H,5-7,10-11,18-19H2,1-4H3,(H,30,34). The predicted octanol–water partition coefficient (Wildman–Crippen LogP) is 4.86. The highest BCUT2D eigenvalue weighted by molar-refractivity contribution is 5.95. The van der Waals surface area contributed by atoms with Crippen molar-refractivity contribution >= 4 is 11.9 Å². The summed E-state index contributed by atoms with van der Waals surface area (Å²) in [6.07, 6.45) is 2.64. The van der Waals surface area contributed by atoms with Crippen LogP contribution in [-0.4, -0.2) is 58.8 Å². The third kappa shape index (κ3) is 5.36. The molecule has 0 spiro atoms. The zero-order valence-corrected chi connectivity index (χ0v) is 21.7. The van der Waals surface area contributed by atoms with Gasteiger partial charge in [-0.1, -0.05) is 38.1 Å². The van der Waals surface area contributed by atoms with Crippen LogP contribution in [0.2, 0.25) is 0 Å². The maximum Gasteiger partial charge on any atom is 0.359 e. The van der Waals surface area contributed by atoms with Gasteiger partial charge in [0.25, 0.3) is 5.91 Å². The lowest BCUT2D eigenvalue weighted by Gasteiger charge is -2.19. The largest absolute Gasteiger partial charge is 0.461 e. The molecule has 2 aromatic carbocycles. The first-order valence-electron chi connectivity index (χ1n) is 13.0. The quantitative estimate of drug-likeness (QED) is 0.305. The number of nitrogens with one attached hydrogen (secondary N) is 1. The van der Waals surface area contributed by atoms with Crippen LogP contribution in [-0.2, 0) is 11.2 Å². The first-order valence-corrected chi connectivity index (χ1v) is 13.0. The van der Waals surface area contributed by atoms with Gasteiger partial charge in [-0.2, -0.15) is 5.10 Å². The van der Waals surface area contributed by atoms with Crippen LogP contribution in [0, 0.1) is 0 Å². The number of fused-ring (bicyclic) bond motifs is 3. The van der Waals surface area contributed by atoms with E-state index in [1.165, 1.54) is 0 Å². The van der Waals surface area contributed by atoms with E-state index < -0.39 is 5.97 Å². The summed E-state index contributed by atoms with van der Waals surface area (Å²) in [6, 6.07) is 15.6. The maximum atomic E-state index is 12.8. The van der Waals surface area contributed by atoms with Gasteiger partial charge in [0, 0.05) is 29.2 Å². The molecule has 1 aromatic heterocycles. The minimum Gasteiger partial charge on any atom is -0.461 e. The van der Waals surface area contributed by atoms with Crippen molar-refractivity contribution in [1.29, 1.82) is 0 Å².